The monoisotopic (exact) mass is 400 g/mol. The highest BCUT2D eigenvalue weighted by Gasteiger charge is 2.22. The number of carbonyl (C=O) groups excluding carboxylic acids is 2. The van der Waals surface area contributed by atoms with E-state index in [1.165, 1.54) is 0 Å². The number of ether oxygens (including phenoxy) is 1. The fourth-order valence-corrected chi connectivity index (χ4v) is 3.09. The molecule has 6 heteroatoms. The van der Waals surface area contributed by atoms with E-state index in [2.05, 4.69) is 10.6 Å². The fourth-order valence-electron chi connectivity index (χ4n) is 3.09. The van der Waals surface area contributed by atoms with Crippen LogP contribution in [-0.4, -0.2) is 18.4 Å². The highest BCUT2D eigenvalue weighted by Crippen LogP contribution is 2.32. The van der Waals surface area contributed by atoms with E-state index in [0.29, 0.717) is 34.5 Å². The Kier molecular flexibility index (Phi) is 5.48. The molecule has 1 heterocycles. The predicted molar refractivity (Wildman–Crippen MR) is 116 cm³/mol. The minimum absolute atomic E-state index is 0.0364. The second kappa shape index (κ2) is 8.53. The van der Waals surface area contributed by atoms with Crippen molar-refractivity contribution >= 4 is 34.2 Å². The normalized spacial score (nSPS) is 10.6. The molecular weight excluding hydrogens is 380 g/mol. The number of amides is 2. The third-order valence-electron chi connectivity index (χ3n) is 4.50. The number of nitrogens with one attached hydrogen (secondary N) is 2. The predicted octanol–water partition coefficient (Wildman–Crippen LogP) is 5.34. The molecule has 0 saturated heterocycles. The van der Waals surface area contributed by atoms with Crippen molar-refractivity contribution in [3.8, 4) is 5.75 Å². The van der Waals surface area contributed by atoms with Crippen molar-refractivity contribution in [2.45, 2.75) is 6.92 Å². The first-order valence-corrected chi connectivity index (χ1v) is 9.58. The molecular formula is C24H20N2O4. The van der Waals surface area contributed by atoms with Gasteiger partial charge in [-0.2, -0.15) is 0 Å². The molecule has 0 aliphatic heterocycles. The Balaban J connectivity index is 1.63. The minimum Gasteiger partial charge on any atom is -0.494 e. The van der Waals surface area contributed by atoms with Crippen molar-refractivity contribution < 1.29 is 18.7 Å². The molecule has 0 aliphatic carbocycles. The molecule has 150 valence electrons. The maximum Gasteiger partial charge on any atom is 0.293 e. The zero-order valence-corrected chi connectivity index (χ0v) is 16.3. The largest absolute Gasteiger partial charge is 0.494 e. The number of anilines is 2. The lowest BCUT2D eigenvalue weighted by atomic mass is 10.1. The smallest absolute Gasteiger partial charge is 0.293 e. The van der Waals surface area contributed by atoms with Crippen LogP contribution in [0.1, 0.15) is 27.8 Å². The lowest BCUT2D eigenvalue weighted by molar-refractivity contribution is 0.0999. The average Bonchev–Trinajstić information content (AvgIpc) is 3.14. The number of hydrogen-bond donors (Lipinski definition) is 2. The number of fused-ring (bicyclic) bond motifs is 1. The number of rotatable bonds is 6. The SMILES string of the molecule is CCOc1ccc(NC(=O)c2oc3ccccc3c2NC(=O)c2ccccc2)cc1. The summed E-state index contributed by atoms with van der Waals surface area (Å²) in [6.07, 6.45) is 0. The number of benzene rings is 3. The van der Waals surface area contributed by atoms with Gasteiger partial charge in [0.05, 0.1) is 6.61 Å². The summed E-state index contributed by atoms with van der Waals surface area (Å²) in [7, 11) is 0. The molecule has 0 fully saturated rings. The maximum absolute atomic E-state index is 12.9. The molecule has 30 heavy (non-hydrogen) atoms. The van der Waals surface area contributed by atoms with Gasteiger partial charge >= 0.3 is 0 Å². The minimum atomic E-state index is -0.460. The van der Waals surface area contributed by atoms with Gasteiger partial charge in [-0.1, -0.05) is 30.3 Å². The van der Waals surface area contributed by atoms with Crippen molar-refractivity contribution in [3.63, 3.8) is 0 Å². The highest BCUT2D eigenvalue weighted by atomic mass is 16.5. The van der Waals surface area contributed by atoms with E-state index in [4.69, 9.17) is 9.15 Å². The van der Waals surface area contributed by atoms with Gasteiger partial charge in [0.15, 0.2) is 0 Å². The maximum atomic E-state index is 12.9. The summed E-state index contributed by atoms with van der Waals surface area (Å²) in [5.74, 6) is -0.0274. The summed E-state index contributed by atoms with van der Waals surface area (Å²) in [5.41, 5.74) is 1.92. The molecule has 0 saturated carbocycles. The fraction of sp³-hybridized carbons (Fsp3) is 0.0833. The summed E-state index contributed by atoms with van der Waals surface area (Å²) in [5, 5.41) is 6.28. The second-order valence-electron chi connectivity index (χ2n) is 6.53. The van der Waals surface area contributed by atoms with Crippen LogP contribution in [0.3, 0.4) is 0 Å². The first-order valence-electron chi connectivity index (χ1n) is 9.58. The molecule has 0 spiro atoms. The van der Waals surface area contributed by atoms with Gasteiger partial charge in [-0.25, -0.2) is 0 Å². The molecule has 0 unspecified atom stereocenters. The van der Waals surface area contributed by atoms with Crippen LogP contribution in [0.2, 0.25) is 0 Å². The molecule has 6 nitrogen and oxygen atoms in total. The van der Waals surface area contributed by atoms with Gasteiger partial charge in [0.2, 0.25) is 5.76 Å². The van der Waals surface area contributed by atoms with Gasteiger partial charge in [0.1, 0.15) is 17.0 Å². The van der Waals surface area contributed by atoms with E-state index >= 15 is 0 Å². The van der Waals surface area contributed by atoms with Crippen LogP contribution in [0.15, 0.2) is 83.3 Å². The van der Waals surface area contributed by atoms with Gasteiger partial charge in [-0.15, -0.1) is 0 Å². The molecule has 2 amide bonds. The molecule has 0 radical (unpaired) electrons. The van der Waals surface area contributed by atoms with Crippen molar-refractivity contribution in [3.05, 3.63) is 90.2 Å². The molecule has 0 aliphatic rings. The Hall–Kier alpha value is -4.06. The zero-order chi connectivity index (χ0) is 20.9. The van der Waals surface area contributed by atoms with Crippen LogP contribution in [0, 0.1) is 0 Å². The van der Waals surface area contributed by atoms with Gasteiger partial charge in [-0.3, -0.25) is 9.59 Å². The standard InChI is InChI=1S/C24H20N2O4/c1-2-29-18-14-12-17(13-15-18)25-24(28)22-21(19-10-6-7-11-20(19)30-22)26-23(27)16-8-4-3-5-9-16/h3-15H,2H2,1H3,(H,25,28)(H,26,27). The summed E-state index contributed by atoms with van der Waals surface area (Å²) in [4.78, 5) is 25.6. The molecule has 4 aromatic rings. The van der Waals surface area contributed by atoms with Gasteiger partial charge in [-0.05, 0) is 55.5 Å². The summed E-state index contributed by atoms with van der Waals surface area (Å²) >= 11 is 0. The van der Waals surface area contributed by atoms with Crippen molar-refractivity contribution in [1.82, 2.24) is 0 Å². The van der Waals surface area contributed by atoms with E-state index in [1.54, 1.807) is 60.7 Å². The van der Waals surface area contributed by atoms with Crippen LogP contribution in [0.25, 0.3) is 11.0 Å². The number of hydrogen-bond acceptors (Lipinski definition) is 4. The number of para-hydroxylation sites is 1. The Morgan fingerprint density at radius 2 is 1.53 bits per heavy atom. The molecule has 0 bridgehead atoms. The van der Waals surface area contributed by atoms with Gasteiger partial charge in [0.25, 0.3) is 11.8 Å². The van der Waals surface area contributed by atoms with Gasteiger partial charge in [0, 0.05) is 16.6 Å². The highest BCUT2D eigenvalue weighted by molar-refractivity contribution is 6.16. The van der Waals surface area contributed by atoms with Crippen LogP contribution >= 0.6 is 0 Å². The van der Waals surface area contributed by atoms with E-state index in [-0.39, 0.29) is 11.7 Å². The Morgan fingerprint density at radius 1 is 0.833 bits per heavy atom. The molecule has 2 N–H and O–H groups in total. The Bertz CT molecular complexity index is 1180. The number of carbonyl (C=O) groups is 2. The third-order valence-corrected chi connectivity index (χ3v) is 4.50. The molecule has 3 aromatic carbocycles. The topological polar surface area (TPSA) is 80.6 Å². The van der Waals surface area contributed by atoms with E-state index < -0.39 is 5.91 Å². The van der Waals surface area contributed by atoms with E-state index in [1.807, 2.05) is 25.1 Å². The Labute approximate surface area is 173 Å². The first-order chi connectivity index (χ1) is 14.7. The van der Waals surface area contributed by atoms with Crippen molar-refractivity contribution in [2.24, 2.45) is 0 Å². The average molecular weight is 400 g/mol. The lowest BCUT2D eigenvalue weighted by Gasteiger charge is -2.08. The lowest BCUT2D eigenvalue weighted by Crippen LogP contribution is -2.17. The molecule has 1 aromatic heterocycles. The van der Waals surface area contributed by atoms with Gasteiger partial charge < -0.3 is 19.8 Å². The number of furan rings is 1. The van der Waals surface area contributed by atoms with E-state index in [0.717, 1.165) is 5.75 Å². The van der Waals surface area contributed by atoms with E-state index in [9.17, 15) is 9.59 Å². The molecule has 0 atom stereocenters. The quantitative estimate of drug-likeness (QED) is 0.458. The molecule has 4 rings (SSSR count). The first kappa shape index (κ1) is 19.3. The van der Waals surface area contributed by atoms with Crippen LogP contribution in [-0.2, 0) is 0 Å². The van der Waals surface area contributed by atoms with Crippen molar-refractivity contribution in [2.75, 3.05) is 17.2 Å². The van der Waals surface area contributed by atoms with Crippen LogP contribution in [0.4, 0.5) is 11.4 Å². The third kappa shape index (κ3) is 4.03. The summed E-state index contributed by atoms with van der Waals surface area (Å²) in [6.45, 7) is 2.47. The summed E-state index contributed by atoms with van der Waals surface area (Å²) < 4.78 is 11.2. The van der Waals surface area contributed by atoms with Crippen LogP contribution < -0.4 is 15.4 Å². The zero-order valence-electron chi connectivity index (χ0n) is 16.3. The van der Waals surface area contributed by atoms with Crippen molar-refractivity contribution in [1.29, 1.82) is 0 Å². The second-order valence-corrected chi connectivity index (χ2v) is 6.53. The van der Waals surface area contributed by atoms with Crippen LogP contribution in [0.5, 0.6) is 5.75 Å². The Morgan fingerprint density at radius 3 is 2.27 bits per heavy atom. The summed E-state index contributed by atoms with van der Waals surface area (Å²) in [6, 6.07) is 23.0.